The molecule has 2 heterocycles. The number of nitrogens with zero attached hydrogens (tertiary/aromatic N) is 2. The van der Waals surface area contributed by atoms with Crippen LogP contribution in [-0.4, -0.2) is 41.2 Å². The topological polar surface area (TPSA) is 54.5 Å². The minimum Gasteiger partial charge on any atom is -0.444 e. The van der Waals surface area contributed by atoms with E-state index in [0.717, 1.165) is 48.5 Å². The number of piperidine rings is 1. The van der Waals surface area contributed by atoms with Crippen molar-refractivity contribution in [3.05, 3.63) is 22.4 Å². The molecular weight excluding hydrogens is 358 g/mol. The molecule has 1 fully saturated rings. The molecule has 0 saturated carbocycles. The first-order valence-corrected chi connectivity index (χ1v) is 8.89. The third kappa shape index (κ3) is 5.68. The van der Waals surface area contributed by atoms with E-state index >= 15 is 0 Å². The zero-order valence-electron chi connectivity index (χ0n) is 14.4. The molecule has 1 saturated heterocycles. The lowest BCUT2D eigenvalue weighted by atomic mass is 9.97. The van der Waals surface area contributed by atoms with Crippen LogP contribution in [0.2, 0.25) is 0 Å². The van der Waals surface area contributed by atoms with Crippen LogP contribution >= 0.6 is 15.9 Å². The Morgan fingerprint density at radius 3 is 2.61 bits per heavy atom. The van der Waals surface area contributed by atoms with E-state index in [1.165, 1.54) is 0 Å². The molecular formula is C17H26BrN3O2. The van der Waals surface area contributed by atoms with Crippen molar-refractivity contribution in [2.75, 3.05) is 25.0 Å². The summed E-state index contributed by atoms with van der Waals surface area (Å²) < 4.78 is 6.28. The first kappa shape index (κ1) is 18.0. The van der Waals surface area contributed by atoms with Crippen LogP contribution in [0.4, 0.5) is 10.5 Å². The Bertz CT molecular complexity index is 549. The Morgan fingerprint density at radius 1 is 1.39 bits per heavy atom. The third-order valence-electron chi connectivity index (χ3n) is 3.90. The van der Waals surface area contributed by atoms with Crippen LogP contribution in [0.5, 0.6) is 0 Å². The maximum absolute atomic E-state index is 12.1. The van der Waals surface area contributed by atoms with E-state index in [2.05, 4.69) is 26.2 Å². The van der Waals surface area contributed by atoms with E-state index in [1.807, 2.05) is 44.7 Å². The molecule has 128 valence electrons. The number of rotatable bonds is 3. The Labute approximate surface area is 146 Å². The zero-order chi connectivity index (χ0) is 17.0. The SMILES string of the molecule is Cc1nc(Br)ccc1NCC1CCN(C(=O)OC(C)(C)C)CC1. The average molecular weight is 384 g/mol. The molecule has 0 aromatic carbocycles. The minimum absolute atomic E-state index is 0.197. The monoisotopic (exact) mass is 383 g/mol. The number of hydrogen-bond acceptors (Lipinski definition) is 4. The summed E-state index contributed by atoms with van der Waals surface area (Å²) in [5.41, 5.74) is 1.63. The predicted molar refractivity (Wildman–Crippen MR) is 95.7 cm³/mol. The molecule has 1 aromatic heterocycles. The van der Waals surface area contributed by atoms with E-state index in [1.54, 1.807) is 0 Å². The van der Waals surface area contributed by atoms with Crippen LogP contribution in [0.25, 0.3) is 0 Å². The normalized spacial score (nSPS) is 16.3. The molecule has 0 spiro atoms. The fraction of sp³-hybridized carbons (Fsp3) is 0.647. The van der Waals surface area contributed by atoms with Crippen molar-refractivity contribution in [1.82, 2.24) is 9.88 Å². The summed E-state index contributed by atoms with van der Waals surface area (Å²) in [7, 11) is 0. The molecule has 0 aliphatic carbocycles. The van der Waals surface area contributed by atoms with Gasteiger partial charge in [0.05, 0.1) is 11.4 Å². The largest absolute Gasteiger partial charge is 0.444 e. The standard InChI is InChI=1S/C17H26BrN3O2/c1-12-14(5-6-15(18)20-12)19-11-13-7-9-21(10-8-13)16(22)23-17(2,3)4/h5-6,13,19H,7-11H2,1-4H3. The summed E-state index contributed by atoms with van der Waals surface area (Å²) in [6, 6.07) is 3.99. The second-order valence-electron chi connectivity index (χ2n) is 7.06. The number of ether oxygens (including phenoxy) is 1. The fourth-order valence-corrected chi connectivity index (χ4v) is 3.02. The second kappa shape index (κ2) is 7.51. The number of pyridine rings is 1. The van der Waals surface area contributed by atoms with Gasteiger partial charge in [0.15, 0.2) is 0 Å². The van der Waals surface area contributed by atoms with Gasteiger partial charge in [-0.15, -0.1) is 0 Å². The number of carbonyl (C=O) groups is 1. The molecule has 0 bridgehead atoms. The molecule has 1 N–H and O–H groups in total. The van der Waals surface area contributed by atoms with Gasteiger partial charge in [0, 0.05) is 19.6 Å². The predicted octanol–water partition coefficient (Wildman–Crippen LogP) is 4.21. The number of hydrogen-bond donors (Lipinski definition) is 1. The summed E-state index contributed by atoms with van der Waals surface area (Å²) in [5, 5.41) is 3.47. The first-order chi connectivity index (χ1) is 10.7. The van der Waals surface area contributed by atoms with Crippen molar-refractivity contribution in [2.45, 2.75) is 46.1 Å². The van der Waals surface area contributed by atoms with Crippen LogP contribution in [0.3, 0.4) is 0 Å². The van der Waals surface area contributed by atoms with Gasteiger partial charge in [0.2, 0.25) is 0 Å². The number of aromatic nitrogens is 1. The van der Waals surface area contributed by atoms with Crippen molar-refractivity contribution in [2.24, 2.45) is 5.92 Å². The summed E-state index contributed by atoms with van der Waals surface area (Å²) in [6.07, 6.45) is 1.79. The molecule has 1 aliphatic heterocycles. The highest BCUT2D eigenvalue weighted by atomic mass is 79.9. The van der Waals surface area contributed by atoms with E-state index < -0.39 is 5.60 Å². The molecule has 0 unspecified atom stereocenters. The Balaban J connectivity index is 1.77. The molecule has 0 radical (unpaired) electrons. The van der Waals surface area contributed by atoms with Crippen molar-refractivity contribution in [3.63, 3.8) is 0 Å². The Morgan fingerprint density at radius 2 is 2.04 bits per heavy atom. The van der Waals surface area contributed by atoms with Crippen molar-refractivity contribution in [1.29, 1.82) is 0 Å². The highest BCUT2D eigenvalue weighted by Gasteiger charge is 2.26. The van der Waals surface area contributed by atoms with Crippen LogP contribution in [0.15, 0.2) is 16.7 Å². The summed E-state index contributed by atoms with van der Waals surface area (Å²) in [4.78, 5) is 18.3. The van der Waals surface area contributed by atoms with Crippen molar-refractivity contribution >= 4 is 27.7 Å². The van der Waals surface area contributed by atoms with Gasteiger partial charge in [-0.3, -0.25) is 0 Å². The third-order valence-corrected chi connectivity index (χ3v) is 4.34. The van der Waals surface area contributed by atoms with Gasteiger partial charge in [0.1, 0.15) is 10.2 Å². The molecule has 2 rings (SSSR count). The Kier molecular flexibility index (Phi) is 5.89. The summed E-state index contributed by atoms with van der Waals surface area (Å²) >= 11 is 3.38. The quantitative estimate of drug-likeness (QED) is 0.794. The molecule has 6 heteroatoms. The van der Waals surface area contributed by atoms with Gasteiger partial charge in [-0.05, 0) is 74.5 Å². The molecule has 1 aromatic rings. The minimum atomic E-state index is -0.429. The summed E-state index contributed by atoms with van der Waals surface area (Å²) in [5.74, 6) is 0.566. The number of amides is 1. The van der Waals surface area contributed by atoms with Gasteiger partial charge < -0.3 is 15.0 Å². The molecule has 1 aliphatic rings. The van der Waals surface area contributed by atoms with E-state index in [-0.39, 0.29) is 6.09 Å². The first-order valence-electron chi connectivity index (χ1n) is 8.09. The number of likely N-dealkylation sites (tertiary alicyclic amines) is 1. The van der Waals surface area contributed by atoms with Crippen LogP contribution < -0.4 is 5.32 Å². The van der Waals surface area contributed by atoms with Gasteiger partial charge in [-0.1, -0.05) is 0 Å². The number of carbonyl (C=O) groups excluding carboxylic acids is 1. The average Bonchev–Trinajstić information content (AvgIpc) is 2.45. The van der Waals surface area contributed by atoms with E-state index in [9.17, 15) is 4.79 Å². The van der Waals surface area contributed by atoms with Crippen LogP contribution in [0.1, 0.15) is 39.3 Å². The second-order valence-corrected chi connectivity index (χ2v) is 7.87. The Hall–Kier alpha value is -1.30. The highest BCUT2D eigenvalue weighted by molar-refractivity contribution is 9.10. The number of halogens is 1. The van der Waals surface area contributed by atoms with Gasteiger partial charge in [-0.25, -0.2) is 9.78 Å². The van der Waals surface area contributed by atoms with Gasteiger partial charge >= 0.3 is 6.09 Å². The molecule has 0 atom stereocenters. The maximum atomic E-state index is 12.1. The molecule has 23 heavy (non-hydrogen) atoms. The number of aryl methyl sites for hydroxylation is 1. The lowest BCUT2D eigenvalue weighted by Gasteiger charge is -2.33. The fourth-order valence-electron chi connectivity index (χ4n) is 2.62. The van der Waals surface area contributed by atoms with Crippen LogP contribution in [-0.2, 0) is 4.74 Å². The maximum Gasteiger partial charge on any atom is 0.410 e. The van der Waals surface area contributed by atoms with Crippen LogP contribution in [0, 0.1) is 12.8 Å². The summed E-state index contributed by atoms with van der Waals surface area (Å²) in [6.45, 7) is 10.1. The number of anilines is 1. The van der Waals surface area contributed by atoms with Crippen molar-refractivity contribution in [3.8, 4) is 0 Å². The molecule has 1 amide bonds. The van der Waals surface area contributed by atoms with Gasteiger partial charge in [0.25, 0.3) is 0 Å². The highest BCUT2D eigenvalue weighted by Crippen LogP contribution is 2.22. The van der Waals surface area contributed by atoms with Crippen molar-refractivity contribution < 1.29 is 9.53 Å². The van der Waals surface area contributed by atoms with Gasteiger partial charge in [-0.2, -0.15) is 0 Å². The lowest BCUT2D eigenvalue weighted by Crippen LogP contribution is -2.42. The van der Waals surface area contributed by atoms with E-state index in [0.29, 0.717) is 5.92 Å². The lowest BCUT2D eigenvalue weighted by molar-refractivity contribution is 0.0188. The number of nitrogens with one attached hydrogen (secondary N) is 1. The molecule has 5 nitrogen and oxygen atoms in total. The zero-order valence-corrected chi connectivity index (χ0v) is 15.9. The van der Waals surface area contributed by atoms with E-state index in [4.69, 9.17) is 4.74 Å². The smallest absolute Gasteiger partial charge is 0.410 e.